The number of hydrogen-bond donors (Lipinski definition) is 1. The second kappa shape index (κ2) is 7.21. The molecule has 2 aliphatic rings. The molecule has 0 radical (unpaired) electrons. The minimum atomic E-state index is -0.349. The van der Waals surface area contributed by atoms with Gasteiger partial charge in [0.25, 0.3) is 0 Å². The van der Waals surface area contributed by atoms with E-state index in [1.807, 2.05) is 0 Å². The van der Waals surface area contributed by atoms with Gasteiger partial charge in [0.15, 0.2) is 0 Å². The van der Waals surface area contributed by atoms with Crippen molar-refractivity contribution in [2.45, 2.75) is 70.6 Å². The molecule has 2 amide bonds. The summed E-state index contributed by atoms with van der Waals surface area (Å²) in [5.74, 6) is 0.144. The SMILES string of the molecule is O=C1CC2(CCCCCC2)C(=O)N1CCCCCCO. The average molecular weight is 281 g/mol. The van der Waals surface area contributed by atoms with E-state index in [0.29, 0.717) is 13.0 Å². The number of hydrogen-bond acceptors (Lipinski definition) is 3. The van der Waals surface area contributed by atoms with Crippen LogP contribution in [0.4, 0.5) is 0 Å². The van der Waals surface area contributed by atoms with Crippen LogP contribution >= 0.6 is 0 Å². The summed E-state index contributed by atoms with van der Waals surface area (Å²) in [5, 5.41) is 8.74. The highest BCUT2D eigenvalue weighted by atomic mass is 16.3. The molecule has 0 atom stereocenters. The lowest BCUT2D eigenvalue weighted by atomic mass is 9.79. The molecular formula is C16H27NO3. The van der Waals surface area contributed by atoms with Gasteiger partial charge in [0.1, 0.15) is 0 Å². The second-order valence-corrected chi connectivity index (χ2v) is 6.36. The molecule has 1 saturated carbocycles. The molecule has 0 aromatic rings. The van der Waals surface area contributed by atoms with Gasteiger partial charge in [-0.05, 0) is 25.7 Å². The number of unbranched alkanes of at least 4 members (excludes halogenated alkanes) is 3. The first kappa shape index (κ1) is 15.5. The van der Waals surface area contributed by atoms with Crippen molar-refractivity contribution < 1.29 is 14.7 Å². The number of aliphatic hydroxyl groups is 1. The molecule has 20 heavy (non-hydrogen) atoms. The van der Waals surface area contributed by atoms with E-state index in [-0.39, 0.29) is 23.8 Å². The van der Waals surface area contributed by atoms with Gasteiger partial charge in [-0.15, -0.1) is 0 Å². The van der Waals surface area contributed by atoms with Gasteiger partial charge in [-0.1, -0.05) is 38.5 Å². The lowest BCUT2D eigenvalue weighted by Gasteiger charge is -2.25. The van der Waals surface area contributed by atoms with E-state index in [9.17, 15) is 9.59 Å². The van der Waals surface area contributed by atoms with Crippen molar-refractivity contribution in [2.24, 2.45) is 5.41 Å². The number of nitrogens with zero attached hydrogens (tertiary/aromatic N) is 1. The maximum absolute atomic E-state index is 12.6. The van der Waals surface area contributed by atoms with E-state index in [1.165, 1.54) is 17.7 Å². The molecular weight excluding hydrogens is 254 g/mol. The minimum Gasteiger partial charge on any atom is -0.396 e. The predicted molar refractivity (Wildman–Crippen MR) is 77.0 cm³/mol. The number of carbonyl (C=O) groups excluding carboxylic acids is 2. The zero-order valence-electron chi connectivity index (χ0n) is 12.4. The Balaban J connectivity index is 1.87. The third-order valence-corrected chi connectivity index (χ3v) is 4.84. The van der Waals surface area contributed by atoms with E-state index < -0.39 is 0 Å². The molecule has 0 bridgehead atoms. The molecule has 4 nitrogen and oxygen atoms in total. The Morgan fingerprint density at radius 3 is 2.25 bits per heavy atom. The van der Waals surface area contributed by atoms with Crippen LogP contribution in [-0.2, 0) is 9.59 Å². The fourth-order valence-corrected chi connectivity index (χ4v) is 3.62. The van der Waals surface area contributed by atoms with Crippen LogP contribution in [0.2, 0.25) is 0 Å². The Bertz CT molecular complexity index is 346. The van der Waals surface area contributed by atoms with Crippen molar-refractivity contribution in [3.05, 3.63) is 0 Å². The summed E-state index contributed by atoms with van der Waals surface area (Å²) in [7, 11) is 0. The number of amides is 2. The number of imide groups is 1. The molecule has 0 aromatic carbocycles. The molecule has 0 unspecified atom stereocenters. The lowest BCUT2D eigenvalue weighted by Crippen LogP contribution is -2.36. The van der Waals surface area contributed by atoms with Crippen LogP contribution in [0, 0.1) is 5.41 Å². The van der Waals surface area contributed by atoms with Gasteiger partial charge in [-0.25, -0.2) is 0 Å². The second-order valence-electron chi connectivity index (χ2n) is 6.36. The van der Waals surface area contributed by atoms with E-state index >= 15 is 0 Å². The van der Waals surface area contributed by atoms with E-state index in [1.54, 1.807) is 0 Å². The summed E-state index contributed by atoms with van der Waals surface area (Å²) in [6.07, 6.45) is 10.4. The molecule has 4 heteroatoms. The summed E-state index contributed by atoms with van der Waals surface area (Å²) in [5.41, 5.74) is -0.349. The Morgan fingerprint density at radius 2 is 1.60 bits per heavy atom. The fourth-order valence-electron chi connectivity index (χ4n) is 3.62. The maximum atomic E-state index is 12.6. The normalized spacial score (nSPS) is 22.6. The largest absolute Gasteiger partial charge is 0.396 e. The molecule has 0 aromatic heterocycles. The van der Waals surface area contributed by atoms with Crippen LogP contribution in [0.25, 0.3) is 0 Å². The zero-order valence-corrected chi connectivity index (χ0v) is 12.4. The number of aliphatic hydroxyl groups excluding tert-OH is 1. The van der Waals surface area contributed by atoms with Crippen LogP contribution < -0.4 is 0 Å². The highest BCUT2D eigenvalue weighted by molar-refractivity contribution is 6.05. The highest BCUT2D eigenvalue weighted by Gasteiger charge is 2.50. The first-order chi connectivity index (χ1) is 9.69. The topological polar surface area (TPSA) is 57.6 Å². The van der Waals surface area contributed by atoms with Crippen LogP contribution in [0.15, 0.2) is 0 Å². The molecule has 1 N–H and O–H groups in total. The van der Waals surface area contributed by atoms with Gasteiger partial charge in [-0.2, -0.15) is 0 Å². The zero-order chi connectivity index (χ0) is 14.4. The van der Waals surface area contributed by atoms with Crippen molar-refractivity contribution in [1.29, 1.82) is 0 Å². The monoisotopic (exact) mass is 281 g/mol. The maximum Gasteiger partial charge on any atom is 0.235 e. The van der Waals surface area contributed by atoms with Gasteiger partial charge in [0, 0.05) is 19.6 Å². The predicted octanol–water partition coefficient (Wildman–Crippen LogP) is 2.64. The van der Waals surface area contributed by atoms with Gasteiger partial charge in [-0.3, -0.25) is 14.5 Å². The van der Waals surface area contributed by atoms with Crippen molar-refractivity contribution in [3.63, 3.8) is 0 Å². The fraction of sp³-hybridized carbons (Fsp3) is 0.875. The summed E-state index contributed by atoms with van der Waals surface area (Å²) < 4.78 is 0. The van der Waals surface area contributed by atoms with Crippen LogP contribution in [0.1, 0.15) is 70.6 Å². The number of carbonyl (C=O) groups is 2. The van der Waals surface area contributed by atoms with Crippen LogP contribution in [0.5, 0.6) is 0 Å². The first-order valence-electron chi connectivity index (χ1n) is 8.15. The Kier molecular flexibility index (Phi) is 5.58. The lowest BCUT2D eigenvalue weighted by molar-refractivity contribution is -0.141. The van der Waals surface area contributed by atoms with E-state index in [4.69, 9.17) is 5.11 Å². The Labute approximate surface area is 121 Å². The van der Waals surface area contributed by atoms with E-state index in [2.05, 4.69) is 0 Å². The molecule has 2 fully saturated rings. The smallest absolute Gasteiger partial charge is 0.235 e. The quantitative estimate of drug-likeness (QED) is 0.601. The van der Waals surface area contributed by atoms with Gasteiger partial charge in [0.05, 0.1) is 5.41 Å². The van der Waals surface area contributed by atoms with Crippen molar-refractivity contribution >= 4 is 11.8 Å². The van der Waals surface area contributed by atoms with Crippen molar-refractivity contribution in [1.82, 2.24) is 4.90 Å². The summed E-state index contributed by atoms with van der Waals surface area (Å²) in [6, 6.07) is 0. The molecule has 1 heterocycles. The van der Waals surface area contributed by atoms with Gasteiger partial charge < -0.3 is 5.11 Å². The molecule has 114 valence electrons. The van der Waals surface area contributed by atoms with Crippen molar-refractivity contribution in [2.75, 3.05) is 13.2 Å². The van der Waals surface area contributed by atoms with Gasteiger partial charge in [0.2, 0.25) is 11.8 Å². The summed E-state index contributed by atoms with van der Waals surface area (Å²) >= 11 is 0. The standard InChI is InChI=1S/C16H27NO3/c18-12-8-4-3-7-11-17-14(19)13-16(15(17)20)9-5-1-2-6-10-16/h18H,1-13H2. The molecule has 2 rings (SSSR count). The molecule has 1 aliphatic carbocycles. The molecule has 1 spiro atoms. The third kappa shape index (κ3) is 3.40. The third-order valence-electron chi connectivity index (χ3n) is 4.84. The summed E-state index contributed by atoms with van der Waals surface area (Å²) in [6.45, 7) is 0.801. The summed E-state index contributed by atoms with van der Waals surface area (Å²) in [4.78, 5) is 26.3. The van der Waals surface area contributed by atoms with Crippen LogP contribution in [0.3, 0.4) is 0 Å². The Hall–Kier alpha value is -0.900. The minimum absolute atomic E-state index is 0.0408. The van der Waals surface area contributed by atoms with Crippen LogP contribution in [-0.4, -0.2) is 35.0 Å². The molecule has 1 aliphatic heterocycles. The number of likely N-dealkylation sites (tertiary alicyclic amines) is 1. The molecule has 1 saturated heterocycles. The highest BCUT2D eigenvalue weighted by Crippen LogP contribution is 2.44. The first-order valence-corrected chi connectivity index (χ1v) is 8.15. The Morgan fingerprint density at radius 1 is 0.950 bits per heavy atom. The van der Waals surface area contributed by atoms with Crippen molar-refractivity contribution in [3.8, 4) is 0 Å². The van der Waals surface area contributed by atoms with Gasteiger partial charge >= 0.3 is 0 Å². The number of rotatable bonds is 6. The van der Waals surface area contributed by atoms with E-state index in [0.717, 1.165) is 51.4 Å². The average Bonchev–Trinajstić information content (AvgIpc) is 2.62.